The fraction of sp³-hybridized carbons (Fsp3) is 0.545. The van der Waals surface area contributed by atoms with Crippen molar-refractivity contribution in [2.75, 3.05) is 11.1 Å². The summed E-state index contributed by atoms with van der Waals surface area (Å²) in [7, 11) is 0. The van der Waals surface area contributed by atoms with Gasteiger partial charge >= 0.3 is 0 Å². The number of amides is 1. The number of aromatic nitrogens is 3. The van der Waals surface area contributed by atoms with E-state index in [1.807, 2.05) is 0 Å². The monoisotopic (exact) mass is 444 g/mol. The molecule has 3 aliphatic carbocycles. The SMILES string of the molecule is C[C@@H]1[C@H]2C[C@@H](C[C@H]1Nc1cnn(CC(=O)NCc3ccnc(N)c3)c(=O)c1Cl)C2(C)C. The highest BCUT2D eigenvalue weighted by Gasteiger charge is 2.56. The van der Waals surface area contributed by atoms with Crippen molar-refractivity contribution in [3.05, 3.63) is 45.5 Å². The number of nitrogens with zero attached hydrogens (tertiary/aromatic N) is 3. The number of pyridine rings is 1. The third-order valence-corrected chi connectivity index (χ3v) is 7.67. The Hall–Kier alpha value is -2.61. The molecular formula is C22H29ClN6O2. The molecule has 3 saturated carbocycles. The van der Waals surface area contributed by atoms with E-state index in [1.165, 1.54) is 6.42 Å². The van der Waals surface area contributed by atoms with Gasteiger partial charge in [0.1, 0.15) is 17.4 Å². The summed E-state index contributed by atoms with van der Waals surface area (Å²) >= 11 is 6.35. The number of nitrogens with two attached hydrogens (primary N) is 1. The number of anilines is 2. The molecular weight excluding hydrogens is 416 g/mol. The van der Waals surface area contributed by atoms with Crippen LogP contribution in [0.3, 0.4) is 0 Å². The van der Waals surface area contributed by atoms with Crippen LogP contribution in [0.4, 0.5) is 11.5 Å². The maximum atomic E-state index is 12.7. The minimum atomic E-state index is -0.482. The average Bonchev–Trinajstić information content (AvgIpc) is 2.73. The van der Waals surface area contributed by atoms with Gasteiger partial charge in [-0.25, -0.2) is 9.67 Å². The molecule has 8 nitrogen and oxygen atoms in total. The summed E-state index contributed by atoms with van der Waals surface area (Å²) in [5, 5.41) is 10.4. The Morgan fingerprint density at radius 3 is 2.84 bits per heavy atom. The third kappa shape index (κ3) is 4.13. The van der Waals surface area contributed by atoms with E-state index in [1.54, 1.807) is 24.5 Å². The van der Waals surface area contributed by atoms with Crippen molar-refractivity contribution in [1.82, 2.24) is 20.1 Å². The summed E-state index contributed by atoms with van der Waals surface area (Å²) in [6.07, 6.45) is 5.46. The highest BCUT2D eigenvalue weighted by atomic mass is 35.5. The van der Waals surface area contributed by atoms with Gasteiger partial charge in [-0.05, 0) is 53.7 Å². The van der Waals surface area contributed by atoms with Crippen LogP contribution in [0.15, 0.2) is 29.3 Å². The second kappa shape index (κ2) is 8.15. The zero-order valence-corrected chi connectivity index (χ0v) is 18.8. The van der Waals surface area contributed by atoms with Crippen molar-refractivity contribution < 1.29 is 4.79 Å². The lowest BCUT2D eigenvalue weighted by Gasteiger charge is -2.62. The number of carbonyl (C=O) groups is 1. The number of fused-ring (bicyclic) bond motifs is 2. The molecule has 0 spiro atoms. The molecule has 3 fully saturated rings. The number of nitrogen functional groups attached to an aromatic ring is 1. The Kier molecular flexibility index (Phi) is 5.68. The van der Waals surface area contributed by atoms with E-state index in [4.69, 9.17) is 17.3 Å². The molecule has 2 bridgehead atoms. The number of rotatable bonds is 6. The van der Waals surface area contributed by atoms with Crippen LogP contribution in [-0.4, -0.2) is 26.7 Å². The van der Waals surface area contributed by atoms with E-state index < -0.39 is 5.56 Å². The fourth-order valence-corrected chi connectivity index (χ4v) is 5.42. The van der Waals surface area contributed by atoms with Crippen LogP contribution < -0.4 is 21.9 Å². The second-order valence-corrected chi connectivity index (χ2v) is 9.78. The van der Waals surface area contributed by atoms with Crippen molar-refractivity contribution in [1.29, 1.82) is 0 Å². The number of hydrogen-bond acceptors (Lipinski definition) is 6. The molecule has 1 amide bonds. The summed E-state index contributed by atoms with van der Waals surface area (Å²) < 4.78 is 1.08. The van der Waals surface area contributed by atoms with Gasteiger partial charge in [0.2, 0.25) is 5.91 Å². The fourth-order valence-electron chi connectivity index (χ4n) is 5.22. The van der Waals surface area contributed by atoms with Crippen LogP contribution in [0.5, 0.6) is 0 Å². The predicted molar refractivity (Wildman–Crippen MR) is 121 cm³/mol. The molecule has 3 aliphatic rings. The largest absolute Gasteiger partial charge is 0.384 e. The maximum absolute atomic E-state index is 12.7. The Morgan fingerprint density at radius 2 is 2.16 bits per heavy atom. The highest BCUT2D eigenvalue weighted by molar-refractivity contribution is 6.32. The molecule has 0 aliphatic heterocycles. The number of carbonyl (C=O) groups excluding carboxylic acids is 1. The lowest BCUT2D eigenvalue weighted by atomic mass is 9.45. The molecule has 31 heavy (non-hydrogen) atoms. The lowest BCUT2D eigenvalue weighted by molar-refractivity contribution is -0.122. The number of nitrogens with one attached hydrogen (secondary N) is 2. The Labute approximate surface area is 186 Å². The maximum Gasteiger partial charge on any atom is 0.288 e. The molecule has 166 valence electrons. The zero-order valence-electron chi connectivity index (χ0n) is 18.1. The number of hydrogen-bond donors (Lipinski definition) is 3. The zero-order chi connectivity index (χ0) is 22.3. The van der Waals surface area contributed by atoms with E-state index in [9.17, 15) is 9.59 Å². The first-order valence-corrected chi connectivity index (χ1v) is 11.0. The Morgan fingerprint density at radius 1 is 1.39 bits per heavy atom. The lowest BCUT2D eigenvalue weighted by Crippen LogP contribution is -2.58. The molecule has 5 rings (SSSR count). The topological polar surface area (TPSA) is 115 Å². The molecule has 9 heteroatoms. The van der Waals surface area contributed by atoms with Crippen molar-refractivity contribution in [3.63, 3.8) is 0 Å². The first-order chi connectivity index (χ1) is 14.7. The van der Waals surface area contributed by atoms with Gasteiger partial charge in [0, 0.05) is 18.8 Å². The first kappa shape index (κ1) is 21.6. The van der Waals surface area contributed by atoms with E-state index in [2.05, 4.69) is 41.5 Å². The summed E-state index contributed by atoms with van der Waals surface area (Å²) in [5.41, 5.74) is 6.90. The summed E-state index contributed by atoms with van der Waals surface area (Å²) in [6.45, 7) is 7.04. The van der Waals surface area contributed by atoms with Crippen molar-refractivity contribution in [2.45, 2.75) is 52.7 Å². The van der Waals surface area contributed by atoms with Crippen LogP contribution in [0, 0.1) is 23.2 Å². The van der Waals surface area contributed by atoms with Gasteiger partial charge < -0.3 is 16.4 Å². The normalized spacial score (nSPS) is 26.1. The summed E-state index contributed by atoms with van der Waals surface area (Å²) in [6, 6.07) is 3.71. The number of halogens is 1. The van der Waals surface area contributed by atoms with Crippen LogP contribution in [-0.2, 0) is 17.9 Å². The van der Waals surface area contributed by atoms with Gasteiger partial charge in [-0.2, -0.15) is 5.10 Å². The van der Waals surface area contributed by atoms with Crippen molar-refractivity contribution >= 4 is 29.0 Å². The van der Waals surface area contributed by atoms with Gasteiger partial charge in [0.15, 0.2) is 0 Å². The molecule has 2 heterocycles. The van der Waals surface area contributed by atoms with Crippen LogP contribution in [0.25, 0.3) is 0 Å². The van der Waals surface area contributed by atoms with Gasteiger partial charge in [-0.15, -0.1) is 0 Å². The van der Waals surface area contributed by atoms with Crippen LogP contribution >= 0.6 is 11.6 Å². The molecule has 2 aromatic heterocycles. The summed E-state index contributed by atoms with van der Waals surface area (Å²) in [4.78, 5) is 28.8. The van der Waals surface area contributed by atoms with E-state index in [0.717, 1.165) is 16.7 Å². The standard InChI is InChI=1S/C22H29ClN6O2/c1-12-15-7-14(22(15,2)3)8-16(12)28-17-10-27-29(21(31)20(17)23)11-19(30)26-9-13-4-5-25-18(24)6-13/h4-6,10,12,14-16,28H,7-9,11H2,1-3H3,(H2,24,25)(H,26,30)/t12-,14+,15-,16-/m1/s1. The average molecular weight is 445 g/mol. The van der Waals surface area contributed by atoms with E-state index >= 15 is 0 Å². The van der Waals surface area contributed by atoms with Crippen molar-refractivity contribution in [3.8, 4) is 0 Å². The van der Waals surface area contributed by atoms with Crippen molar-refractivity contribution in [2.24, 2.45) is 23.2 Å². The quantitative estimate of drug-likeness (QED) is 0.631. The molecule has 0 aromatic carbocycles. The van der Waals surface area contributed by atoms with Crippen LogP contribution in [0.2, 0.25) is 5.02 Å². The molecule has 0 radical (unpaired) electrons. The first-order valence-electron chi connectivity index (χ1n) is 10.7. The van der Waals surface area contributed by atoms with E-state index in [0.29, 0.717) is 34.7 Å². The summed E-state index contributed by atoms with van der Waals surface area (Å²) in [5.74, 6) is 1.90. The smallest absolute Gasteiger partial charge is 0.288 e. The molecule has 0 unspecified atom stereocenters. The van der Waals surface area contributed by atoms with E-state index in [-0.39, 0.29) is 30.1 Å². The molecule has 4 N–H and O–H groups in total. The minimum absolute atomic E-state index is 0.0652. The second-order valence-electron chi connectivity index (χ2n) is 9.41. The van der Waals surface area contributed by atoms with Gasteiger partial charge in [0.05, 0.1) is 11.9 Å². The predicted octanol–water partition coefficient (Wildman–Crippen LogP) is 2.67. The van der Waals surface area contributed by atoms with Gasteiger partial charge in [-0.3, -0.25) is 9.59 Å². The third-order valence-electron chi connectivity index (χ3n) is 7.31. The highest BCUT2D eigenvalue weighted by Crippen LogP contribution is 2.61. The van der Waals surface area contributed by atoms with Crippen LogP contribution in [0.1, 0.15) is 39.2 Å². The Bertz CT molecular complexity index is 1050. The minimum Gasteiger partial charge on any atom is -0.384 e. The molecule has 0 saturated heterocycles. The van der Waals surface area contributed by atoms with Gasteiger partial charge in [0.25, 0.3) is 5.56 Å². The van der Waals surface area contributed by atoms with Gasteiger partial charge in [-0.1, -0.05) is 32.4 Å². The molecule has 4 atom stereocenters. The Balaban J connectivity index is 1.38. The molecule has 2 aromatic rings.